The monoisotopic (exact) mass is 227 g/mol. The fourth-order valence-electron chi connectivity index (χ4n) is 0.300. The van der Waals surface area contributed by atoms with Gasteiger partial charge in [0.1, 0.15) is 6.54 Å². The molecule has 0 bridgehead atoms. The molecule has 5 heteroatoms. The average Bonchev–Trinajstić information content (AvgIpc) is 1.58. The van der Waals surface area contributed by atoms with Gasteiger partial charge in [-0.2, -0.15) is 0 Å². The standard InChI is InChI=1S/C5H14NO.C2H4O2.Zn/c1-6(2,3)4-5-7;1-2(3)4;/h7H,4-5H2,1-3H3;1H3,(H,3,4);/q+1;;/p-1. The van der Waals surface area contributed by atoms with Gasteiger partial charge in [0.05, 0.1) is 27.7 Å². The Morgan fingerprint density at radius 3 is 1.67 bits per heavy atom. The van der Waals surface area contributed by atoms with Crippen molar-refractivity contribution in [1.29, 1.82) is 0 Å². The van der Waals surface area contributed by atoms with Crippen molar-refractivity contribution < 1.29 is 39.0 Å². The third-order valence-electron chi connectivity index (χ3n) is 0.771. The molecule has 0 aromatic carbocycles. The summed E-state index contributed by atoms with van der Waals surface area (Å²) in [5, 5.41) is 17.3. The van der Waals surface area contributed by atoms with E-state index in [-0.39, 0.29) is 26.1 Å². The van der Waals surface area contributed by atoms with Gasteiger partial charge in [-0.05, 0) is 6.92 Å². The summed E-state index contributed by atoms with van der Waals surface area (Å²) in [4.78, 5) is 8.89. The van der Waals surface area contributed by atoms with E-state index >= 15 is 0 Å². The number of likely N-dealkylation sites (N-methyl/N-ethyl adjacent to an activating group) is 1. The largest absolute Gasteiger partial charge is 0.550 e. The van der Waals surface area contributed by atoms with Gasteiger partial charge in [-0.25, -0.2) is 0 Å². The van der Waals surface area contributed by atoms with Crippen molar-refractivity contribution in [1.82, 2.24) is 0 Å². The predicted molar refractivity (Wildman–Crippen MR) is 40.7 cm³/mol. The fourth-order valence-corrected chi connectivity index (χ4v) is 0.300. The molecule has 70 valence electrons. The molecule has 0 radical (unpaired) electrons. The van der Waals surface area contributed by atoms with Crippen LogP contribution in [0.5, 0.6) is 0 Å². The van der Waals surface area contributed by atoms with Crippen molar-refractivity contribution in [2.24, 2.45) is 0 Å². The first-order valence-corrected chi connectivity index (χ1v) is 3.38. The first-order chi connectivity index (χ1) is 4.79. The zero-order valence-corrected chi connectivity index (χ0v) is 11.3. The molecule has 0 aliphatic carbocycles. The molecule has 0 saturated carbocycles. The predicted octanol–water partition coefficient (Wildman–Crippen LogP) is -1.56. The molecule has 0 saturated heterocycles. The van der Waals surface area contributed by atoms with Gasteiger partial charge in [0, 0.05) is 25.4 Å². The van der Waals surface area contributed by atoms with Crippen LogP contribution in [0.3, 0.4) is 0 Å². The third-order valence-corrected chi connectivity index (χ3v) is 0.771. The number of carbonyl (C=O) groups excluding carboxylic acids is 1. The number of carboxylic acid groups (broad SMARTS) is 1. The molecule has 0 rings (SSSR count). The number of aliphatic hydroxyl groups is 1. The number of rotatable bonds is 2. The minimum Gasteiger partial charge on any atom is -0.550 e. The van der Waals surface area contributed by atoms with Crippen LogP contribution in [0, 0.1) is 0 Å². The Morgan fingerprint density at radius 2 is 1.67 bits per heavy atom. The summed E-state index contributed by atoms with van der Waals surface area (Å²) < 4.78 is 0.844. The SMILES string of the molecule is CC(=O)[O-].C[N+](C)(C)CCO.[Zn]. The van der Waals surface area contributed by atoms with Crippen LogP contribution in [0.25, 0.3) is 0 Å². The molecule has 0 fully saturated rings. The van der Waals surface area contributed by atoms with E-state index < -0.39 is 5.97 Å². The van der Waals surface area contributed by atoms with Gasteiger partial charge in [0.15, 0.2) is 0 Å². The maximum absolute atomic E-state index is 8.89. The van der Waals surface area contributed by atoms with Crippen molar-refractivity contribution in [2.75, 3.05) is 34.3 Å². The Hall–Kier alpha value is 0.0134. The molecule has 0 aromatic heterocycles. The molecule has 4 nitrogen and oxygen atoms in total. The molecule has 0 aromatic rings. The summed E-state index contributed by atoms with van der Waals surface area (Å²) >= 11 is 0. The molecule has 12 heavy (non-hydrogen) atoms. The molecule has 0 unspecified atom stereocenters. The normalized spacial score (nSPS) is 9.08. The van der Waals surface area contributed by atoms with Crippen LogP contribution in [0.4, 0.5) is 0 Å². The van der Waals surface area contributed by atoms with Crippen LogP contribution in [-0.4, -0.2) is 49.9 Å². The molecule has 0 aliphatic rings. The Bertz CT molecular complexity index is 108. The minimum atomic E-state index is -1.08. The van der Waals surface area contributed by atoms with E-state index in [9.17, 15) is 0 Å². The van der Waals surface area contributed by atoms with Crippen molar-refractivity contribution >= 4 is 5.97 Å². The summed E-state index contributed by atoms with van der Waals surface area (Å²) in [5.41, 5.74) is 0. The Kier molecular flexibility index (Phi) is 13.6. The molecule has 0 aliphatic heterocycles. The third kappa shape index (κ3) is 50.5. The molecule has 0 heterocycles. The summed E-state index contributed by atoms with van der Waals surface area (Å²) in [6.07, 6.45) is 0. The maximum Gasteiger partial charge on any atom is 0.101 e. The second-order valence-electron chi connectivity index (χ2n) is 3.23. The first kappa shape index (κ1) is 17.9. The number of aliphatic carboxylic acids is 1. The Labute approximate surface area is 86.5 Å². The molecule has 0 atom stereocenters. The van der Waals surface area contributed by atoms with Gasteiger partial charge >= 0.3 is 0 Å². The van der Waals surface area contributed by atoms with E-state index in [0.717, 1.165) is 18.0 Å². The van der Waals surface area contributed by atoms with E-state index in [1.165, 1.54) is 0 Å². The smallest absolute Gasteiger partial charge is 0.101 e. The zero-order valence-electron chi connectivity index (χ0n) is 8.33. The Balaban J connectivity index is -0.000000142. The fraction of sp³-hybridized carbons (Fsp3) is 0.857. The zero-order chi connectivity index (χ0) is 9.49. The van der Waals surface area contributed by atoms with E-state index in [2.05, 4.69) is 21.1 Å². The van der Waals surface area contributed by atoms with Gasteiger partial charge in [-0.15, -0.1) is 0 Å². The number of hydrogen-bond donors (Lipinski definition) is 1. The van der Waals surface area contributed by atoms with Crippen LogP contribution in [0.1, 0.15) is 6.92 Å². The number of hydrogen-bond acceptors (Lipinski definition) is 3. The molecule has 1 N–H and O–H groups in total. The molecular weight excluding hydrogens is 211 g/mol. The van der Waals surface area contributed by atoms with Gasteiger partial charge in [-0.3, -0.25) is 0 Å². The van der Waals surface area contributed by atoms with E-state index in [1.807, 2.05) is 0 Å². The second-order valence-corrected chi connectivity index (χ2v) is 3.23. The topological polar surface area (TPSA) is 60.4 Å². The van der Waals surface area contributed by atoms with Gasteiger partial charge in [-0.1, -0.05) is 0 Å². The summed E-state index contributed by atoms with van der Waals surface area (Å²) in [6, 6.07) is 0. The number of carbonyl (C=O) groups is 1. The van der Waals surface area contributed by atoms with Crippen molar-refractivity contribution in [2.45, 2.75) is 6.92 Å². The van der Waals surface area contributed by atoms with E-state index in [0.29, 0.717) is 0 Å². The number of carboxylic acids is 1. The Morgan fingerprint density at radius 1 is 1.42 bits per heavy atom. The minimum absolute atomic E-state index is 0. The number of nitrogens with zero attached hydrogens (tertiary/aromatic N) is 1. The molecule has 0 spiro atoms. The van der Waals surface area contributed by atoms with Crippen LogP contribution in [0.15, 0.2) is 0 Å². The van der Waals surface area contributed by atoms with E-state index in [1.54, 1.807) is 0 Å². The quantitative estimate of drug-likeness (QED) is 0.459. The van der Waals surface area contributed by atoms with Crippen LogP contribution in [-0.2, 0) is 24.3 Å². The van der Waals surface area contributed by atoms with Gasteiger partial charge < -0.3 is 19.5 Å². The second kappa shape index (κ2) is 9.10. The van der Waals surface area contributed by atoms with Crippen LogP contribution >= 0.6 is 0 Å². The first-order valence-electron chi connectivity index (χ1n) is 3.38. The maximum atomic E-state index is 8.89. The summed E-state index contributed by atoms with van der Waals surface area (Å²) in [7, 11) is 6.16. The molecular formula is C7H17NO3Zn. The average molecular weight is 229 g/mol. The number of aliphatic hydroxyl groups excluding tert-OH is 1. The van der Waals surface area contributed by atoms with Gasteiger partial charge in [0.25, 0.3) is 0 Å². The summed E-state index contributed by atoms with van der Waals surface area (Å²) in [6.45, 7) is 2.09. The van der Waals surface area contributed by atoms with Gasteiger partial charge in [0.2, 0.25) is 0 Å². The summed E-state index contributed by atoms with van der Waals surface area (Å²) in [5.74, 6) is -1.08. The van der Waals surface area contributed by atoms with Crippen molar-refractivity contribution in [3.8, 4) is 0 Å². The number of quaternary nitrogens is 1. The van der Waals surface area contributed by atoms with Crippen LogP contribution < -0.4 is 5.11 Å². The van der Waals surface area contributed by atoms with Crippen molar-refractivity contribution in [3.63, 3.8) is 0 Å². The molecule has 0 amide bonds. The van der Waals surface area contributed by atoms with Crippen molar-refractivity contribution in [3.05, 3.63) is 0 Å². The van der Waals surface area contributed by atoms with E-state index in [4.69, 9.17) is 15.0 Å². The van der Waals surface area contributed by atoms with Crippen LogP contribution in [0.2, 0.25) is 0 Å².